The first kappa shape index (κ1) is 19.7. The van der Waals surface area contributed by atoms with E-state index in [4.69, 9.17) is 0 Å². The molecule has 0 spiro atoms. The van der Waals surface area contributed by atoms with E-state index in [0.29, 0.717) is 13.1 Å². The average Bonchev–Trinajstić information content (AvgIpc) is 2.83. The summed E-state index contributed by atoms with van der Waals surface area (Å²) in [6, 6.07) is 5.82. The van der Waals surface area contributed by atoms with Crippen molar-refractivity contribution in [1.29, 1.82) is 0 Å². The van der Waals surface area contributed by atoms with Crippen molar-refractivity contribution in [3.63, 3.8) is 0 Å². The highest BCUT2D eigenvalue weighted by Crippen LogP contribution is 2.22. The number of benzene rings is 1. The van der Waals surface area contributed by atoms with Gasteiger partial charge in [0.1, 0.15) is 11.4 Å². The fourth-order valence-corrected chi connectivity index (χ4v) is 3.39. The van der Waals surface area contributed by atoms with Crippen molar-refractivity contribution >= 4 is 11.8 Å². The third kappa shape index (κ3) is 4.27. The molecule has 1 N–H and O–H groups in total. The van der Waals surface area contributed by atoms with Gasteiger partial charge in [-0.2, -0.15) is 0 Å². The molecule has 0 radical (unpaired) electrons. The molecule has 2 heterocycles. The Balaban J connectivity index is 1.85. The number of aromatic amines is 1. The summed E-state index contributed by atoms with van der Waals surface area (Å²) in [6.07, 6.45) is 2.63. The Labute approximate surface area is 162 Å². The molecule has 3 rings (SSSR count). The van der Waals surface area contributed by atoms with Crippen molar-refractivity contribution < 1.29 is 14.0 Å². The van der Waals surface area contributed by atoms with Crippen LogP contribution in [0.15, 0.2) is 41.6 Å². The molecule has 1 atom stereocenters. The van der Waals surface area contributed by atoms with E-state index in [1.807, 2.05) is 13.8 Å². The summed E-state index contributed by atoms with van der Waals surface area (Å²) in [5, 5.41) is 0. The minimum Gasteiger partial charge on any atom is -0.336 e. The zero-order chi connectivity index (χ0) is 20.3. The van der Waals surface area contributed by atoms with Crippen molar-refractivity contribution in [3.05, 3.63) is 64.1 Å². The van der Waals surface area contributed by atoms with Gasteiger partial charge in [-0.25, -0.2) is 9.37 Å². The Morgan fingerprint density at radius 3 is 2.64 bits per heavy atom. The van der Waals surface area contributed by atoms with Crippen molar-refractivity contribution in [2.45, 2.75) is 32.9 Å². The highest BCUT2D eigenvalue weighted by atomic mass is 19.1. The first-order valence-corrected chi connectivity index (χ1v) is 9.22. The zero-order valence-corrected chi connectivity index (χ0v) is 15.9. The van der Waals surface area contributed by atoms with Crippen LogP contribution in [-0.2, 0) is 11.3 Å². The van der Waals surface area contributed by atoms with Crippen LogP contribution in [0.25, 0.3) is 0 Å². The van der Waals surface area contributed by atoms with E-state index in [-0.39, 0.29) is 42.2 Å². The number of nitrogens with zero attached hydrogens (tertiary/aromatic N) is 3. The predicted octanol–water partition coefficient (Wildman–Crippen LogP) is 1.81. The van der Waals surface area contributed by atoms with Crippen LogP contribution in [0.1, 0.15) is 36.2 Å². The minimum absolute atomic E-state index is 0.0376. The number of carbonyl (C=O) groups excluding carboxylic acids is 2. The summed E-state index contributed by atoms with van der Waals surface area (Å²) in [4.78, 5) is 47.1. The summed E-state index contributed by atoms with van der Waals surface area (Å²) in [6.45, 7) is 4.87. The smallest absolute Gasteiger partial charge is 0.263 e. The van der Waals surface area contributed by atoms with Gasteiger partial charge in [-0.15, -0.1) is 0 Å². The Hall–Kier alpha value is -3.03. The SMILES string of the molecule is CC(C)C1CN(C(=O)c2cnc[nH]c2=O)CCC(=O)N1Cc1ccc(F)cc1. The molecular formula is C20H23FN4O3. The maximum absolute atomic E-state index is 13.2. The van der Waals surface area contributed by atoms with Crippen molar-refractivity contribution in [2.24, 2.45) is 5.92 Å². The first-order valence-electron chi connectivity index (χ1n) is 9.22. The lowest BCUT2D eigenvalue weighted by molar-refractivity contribution is -0.134. The third-order valence-electron chi connectivity index (χ3n) is 5.00. The summed E-state index contributed by atoms with van der Waals surface area (Å²) in [7, 11) is 0. The number of aromatic nitrogens is 2. The normalized spacial score (nSPS) is 17.7. The quantitative estimate of drug-likeness (QED) is 0.868. The van der Waals surface area contributed by atoms with E-state index < -0.39 is 11.5 Å². The molecule has 1 aromatic carbocycles. The lowest BCUT2D eigenvalue weighted by atomic mass is 10.0. The zero-order valence-electron chi connectivity index (χ0n) is 15.9. The van der Waals surface area contributed by atoms with Crippen LogP contribution in [-0.4, -0.2) is 50.7 Å². The van der Waals surface area contributed by atoms with Crippen LogP contribution in [0.2, 0.25) is 0 Å². The number of rotatable bonds is 4. The van der Waals surface area contributed by atoms with Crippen LogP contribution in [0.4, 0.5) is 4.39 Å². The van der Waals surface area contributed by atoms with Crippen LogP contribution >= 0.6 is 0 Å². The summed E-state index contributed by atoms with van der Waals surface area (Å²) in [5.74, 6) is -0.746. The highest BCUT2D eigenvalue weighted by molar-refractivity contribution is 5.94. The highest BCUT2D eigenvalue weighted by Gasteiger charge is 2.34. The summed E-state index contributed by atoms with van der Waals surface area (Å²) >= 11 is 0. The molecule has 1 aliphatic heterocycles. The number of H-pyrrole nitrogens is 1. The first-order chi connectivity index (χ1) is 13.4. The molecule has 7 nitrogen and oxygen atoms in total. The molecule has 148 valence electrons. The van der Waals surface area contributed by atoms with Crippen molar-refractivity contribution in [3.8, 4) is 0 Å². The van der Waals surface area contributed by atoms with Gasteiger partial charge in [0, 0.05) is 32.3 Å². The number of halogens is 1. The van der Waals surface area contributed by atoms with Gasteiger partial charge < -0.3 is 14.8 Å². The molecule has 1 fully saturated rings. The summed E-state index contributed by atoms with van der Waals surface area (Å²) < 4.78 is 13.2. The summed E-state index contributed by atoms with van der Waals surface area (Å²) in [5.41, 5.74) is 0.285. The molecule has 1 saturated heterocycles. The lowest BCUT2D eigenvalue weighted by Crippen LogP contribution is -2.47. The van der Waals surface area contributed by atoms with Crippen LogP contribution < -0.4 is 5.56 Å². The fourth-order valence-electron chi connectivity index (χ4n) is 3.39. The Bertz CT molecular complexity index is 910. The van der Waals surface area contributed by atoms with Gasteiger partial charge in [-0.05, 0) is 23.6 Å². The molecule has 2 amide bonds. The van der Waals surface area contributed by atoms with E-state index in [2.05, 4.69) is 9.97 Å². The molecule has 0 aliphatic carbocycles. The second kappa shape index (κ2) is 8.33. The molecule has 1 aromatic heterocycles. The van der Waals surface area contributed by atoms with E-state index in [1.54, 1.807) is 21.9 Å². The Morgan fingerprint density at radius 1 is 1.29 bits per heavy atom. The molecule has 1 aliphatic rings. The van der Waals surface area contributed by atoms with Crippen LogP contribution in [0, 0.1) is 11.7 Å². The third-order valence-corrected chi connectivity index (χ3v) is 5.00. The van der Waals surface area contributed by atoms with E-state index in [9.17, 15) is 18.8 Å². The molecule has 1 unspecified atom stereocenters. The Morgan fingerprint density at radius 2 is 2.00 bits per heavy atom. The molecule has 28 heavy (non-hydrogen) atoms. The molecule has 8 heteroatoms. The molecule has 2 aromatic rings. The van der Waals surface area contributed by atoms with Gasteiger partial charge >= 0.3 is 0 Å². The largest absolute Gasteiger partial charge is 0.336 e. The fraction of sp³-hybridized carbons (Fsp3) is 0.400. The average molecular weight is 386 g/mol. The number of carbonyl (C=O) groups is 2. The van der Waals surface area contributed by atoms with Crippen LogP contribution in [0.3, 0.4) is 0 Å². The monoisotopic (exact) mass is 386 g/mol. The van der Waals surface area contributed by atoms with Gasteiger partial charge in [0.2, 0.25) is 5.91 Å². The second-order valence-electron chi connectivity index (χ2n) is 7.26. The van der Waals surface area contributed by atoms with Gasteiger partial charge in [0.15, 0.2) is 0 Å². The van der Waals surface area contributed by atoms with Crippen LogP contribution in [0.5, 0.6) is 0 Å². The number of hydrogen-bond acceptors (Lipinski definition) is 4. The van der Waals surface area contributed by atoms with E-state index in [1.165, 1.54) is 24.7 Å². The topological polar surface area (TPSA) is 86.4 Å². The van der Waals surface area contributed by atoms with Gasteiger partial charge in [0.25, 0.3) is 11.5 Å². The number of nitrogens with one attached hydrogen (secondary N) is 1. The van der Waals surface area contributed by atoms with Crippen molar-refractivity contribution in [2.75, 3.05) is 13.1 Å². The van der Waals surface area contributed by atoms with Gasteiger partial charge in [0.05, 0.1) is 12.4 Å². The minimum atomic E-state index is -0.500. The second-order valence-corrected chi connectivity index (χ2v) is 7.26. The predicted molar refractivity (Wildman–Crippen MR) is 101 cm³/mol. The molecule has 0 bridgehead atoms. The van der Waals surface area contributed by atoms with E-state index >= 15 is 0 Å². The molecule has 0 saturated carbocycles. The maximum Gasteiger partial charge on any atom is 0.263 e. The van der Waals surface area contributed by atoms with Gasteiger partial charge in [-0.3, -0.25) is 14.4 Å². The standard InChI is InChI=1S/C20H23FN4O3/c1-13(2)17-11-24(20(28)16-9-22-12-23-19(16)27)8-7-18(26)25(17)10-14-3-5-15(21)6-4-14/h3-6,9,12-13,17H,7-8,10-11H2,1-2H3,(H,22,23,27). The number of amides is 2. The molecular weight excluding hydrogens is 363 g/mol. The lowest BCUT2D eigenvalue weighted by Gasteiger charge is -2.34. The van der Waals surface area contributed by atoms with Crippen molar-refractivity contribution in [1.82, 2.24) is 19.8 Å². The van der Waals surface area contributed by atoms with Gasteiger partial charge in [-0.1, -0.05) is 26.0 Å². The maximum atomic E-state index is 13.2. The Kier molecular flexibility index (Phi) is 5.87. The number of hydrogen-bond donors (Lipinski definition) is 1. The van der Waals surface area contributed by atoms with E-state index in [0.717, 1.165) is 5.56 Å².